The highest BCUT2D eigenvalue weighted by Gasteiger charge is 2.37. The van der Waals surface area contributed by atoms with Gasteiger partial charge in [-0.2, -0.15) is 0 Å². The summed E-state index contributed by atoms with van der Waals surface area (Å²) in [4.78, 5) is 15.1. The lowest BCUT2D eigenvalue weighted by atomic mass is 9.81. The molecular formula is C16H29N3O2. The number of carbonyl (C=O) groups is 1. The van der Waals surface area contributed by atoms with Crippen molar-refractivity contribution in [1.29, 1.82) is 0 Å². The molecule has 2 aliphatic heterocycles. The fourth-order valence-electron chi connectivity index (χ4n) is 4.00. The molecule has 21 heavy (non-hydrogen) atoms. The SMILES string of the molecule is O=C(NC1(CN2CCCC2)CCCCC1)[C@@H]1CNCCO1. The fraction of sp³-hybridized carbons (Fsp3) is 0.938. The molecule has 0 aromatic rings. The Hall–Kier alpha value is -0.650. The quantitative estimate of drug-likeness (QED) is 0.809. The van der Waals surface area contributed by atoms with Crippen molar-refractivity contribution < 1.29 is 9.53 Å². The van der Waals surface area contributed by atoms with Crippen molar-refractivity contribution >= 4 is 5.91 Å². The Labute approximate surface area is 127 Å². The maximum atomic E-state index is 12.6. The van der Waals surface area contributed by atoms with Crippen molar-refractivity contribution in [2.45, 2.75) is 56.6 Å². The minimum atomic E-state index is -0.309. The largest absolute Gasteiger partial charge is 0.366 e. The normalized spacial score (nSPS) is 30.2. The van der Waals surface area contributed by atoms with Gasteiger partial charge in [0, 0.05) is 19.6 Å². The molecule has 1 aliphatic carbocycles. The van der Waals surface area contributed by atoms with E-state index in [4.69, 9.17) is 4.74 Å². The van der Waals surface area contributed by atoms with Gasteiger partial charge >= 0.3 is 0 Å². The van der Waals surface area contributed by atoms with Gasteiger partial charge < -0.3 is 20.3 Å². The van der Waals surface area contributed by atoms with E-state index in [-0.39, 0.29) is 17.6 Å². The summed E-state index contributed by atoms with van der Waals surface area (Å²) >= 11 is 0. The summed E-state index contributed by atoms with van der Waals surface area (Å²) in [7, 11) is 0. The predicted molar refractivity (Wildman–Crippen MR) is 82.2 cm³/mol. The molecule has 2 saturated heterocycles. The zero-order valence-corrected chi connectivity index (χ0v) is 13.0. The first-order valence-electron chi connectivity index (χ1n) is 8.64. The van der Waals surface area contributed by atoms with Crippen LogP contribution in [0.25, 0.3) is 0 Å². The van der Waals surface area contributed by atoms with Crippen LogP contribution in [0, 0.1) is 0 Å². The third kappa shape index (κ3) is 3.96. The molecule has 5 nitrogen and oxygen atoms in total. The lowest BCUT2D eigenvalue weighted by molar-refractivity contribution is -0.137. The lowest BCUT2D eigenvalue weighted by Gasteiger charge is -2.42. The maximum absolute atomic E-state index is 12.6. The van der Waals surface area contributed by atoms with E-state index in [1.807, 2.05) is 0 Å². The van der Waals surface area contributed by atoms with Crippen molar-refractivity contribution in [3.05, 3.63) is 0 Å². The molecule has 3 aliphatic rings. The van der Waals surface area contributed by atoms with Crippen LogP contribution < -0.4 is 10.6 Å². The first-order valence-corrected chi connectivity index (χ1v) is 8.64. The van der Waals surface area contributed by atoms with Crippen LogP contribution in [0.4, 0.5) is 0 Å². The summed E-state index contributed by atoms with van der Waals surface area (Å²) < 4.78 is 5.61. The minimum absolute atomic E-state index is 0.0134. The number of rotatable bonds is 4. The van der Waals surface area contributed by atoms with Crippen LogP contribution in [-0.2, 0) is 9.53 Å². The lowest BCUT2D eigenvalue weighted by Crippen LogP contribution is -2.60. The number of morpholine rings is 1. The first kappa shape index (κ1) is 15.3. The number of amides is 1. The van der Waals surface area contributed by atoms with Gasteiger partial charge in [0.1, 0.15) is 6.10 Å². The average molecular weight is 295 g/mol. The second kappa shape index (κ2) is 7.07. The van der Waals surface area contributed by atoms with Crippen molar-refractivity contribution in [3.63, 3.8) is 0 Å². The summed E-state index contributed by atoms with van der Waals surface area (Å²) in [6, 6.07) is 0. The monoisotopic (exact) mass is 295 g/mol. The molecule has 3 fully saturated rings. The molecule has 0 spiro atoms. The second-order valence-corrected chi connectivity index (χ2v) is 6.88. The number of carbonyl (C=O) groups excluding carboxylic acids is 1. The zero-order chi connectivity index (χ0) is 14.5. The van der Waals surface area contributed by atoms with Crippen molar-refractivity contribution in [3.8, 4) is 0 Å². The summed E-state index contributed by atoms with van der Waals surface area (Å²) in [6.07, 6.45) is 8.31. The van der Waals surface area contributed by atoms with E-state index >= 15 is 0 Å². The molecule has 0 unspecified atom stereocenters. The molecule has 0 bridgehead atoms. The van der Waals surface area contributed by atoms with Gasteiger partial charge in [-0.3, -0.25) is 4.79 Å². The maximum Gasteiger partial charge on any atom is 0.250 e. The van der Waals surface area contributed by atoms with Gasteiger partial charge in [0.2, 0.25) is 0 Å². The van der Waals surface area contributed by atoms with Gasteiger partial charge in [0.05, 0.1) is 12.1 Å². The van der Waals surface area contributed by atoms with Crippen LogP contribution in [-0.4, -0.2) is 61.8 Å². The topological polar surface area (TPSA) is 53.6 Å². The molecule has 5 heteroatoms. The standard InChI is InChI=1S/C16H29N3O2/c20-15(14-12-17-8-11-21-14)18-16(6-2-1-3-7-16)13-19-9-4-5-10-19/h14,17H,1-13H2,(H,18,20)/t14-/m0/s1. The summed E-state index contributed by atoms with van der Waals surface area (Å²) in [5.41, 5.74) is -0.0134. The Kier molecular flexibility index (Phi) is 5.14. The van der Waals surface area contributed by atoms with Crippen LogP contribution in [0.3, 0.4) is 0 Å². The van der Waals surface area contributed by atoms with E-state index in [9.17, 15) is 4.79 Å². The Balaban J connectivity index is 1.61. The van der Waals surface area contributed by atoms with Gasteiger partial charge in [-0.15, -0.1) is 0 Å². The minimum Gasteiger partial charge on any atom is -0.366 e. The van der Waals surface area contributed by atoms with Crippen LogP contribution in [0.1, 0.15) is 44.9 Å². The molecule has 2 N–H and O–H groups in total. The number of nitrogens with one attached hydrogen (secondary N) is 2. The van der Waals surface area contributed by atoms with Crippen LogP contribution in [0.5, 0.6) is 0 Å². The van der Waals surface area contributed by atoms with Crippen LogP contribution in [0.2, 0.25) is 0 Å². The zero-order valence-electron chi connectivity index (χ0n) is 13.0. The van der Waals surface area contributed by atoms with E-state index in [1.165, 1.54) is 45.2 Å². The molecule has 0 aromatic carbocycles. The molecule has 1 atom stereocenters. The smallest absolute Gasteiger partial charge is 0.250 e. The number of ether oxygens (including phenoxy) is 1. The van der Waals surface area contributed by atoms with Crippen molar-refractivity contribution in [2.24, 2.45) is 0 Å². The van der Waals surface area contributed by atoms with E-state index < -0.39 is 0 Å². The molecule has 1 amide bonds. The van der Waals surface area contributed by atoms with Crippen molar-refractivity contribution in [1.82, 2.24) is 15.5 Å². The Bertz CT molecular complexity index is 343. The first-order chi connectivity index (χ1) is 10.3. The number of likely N-dealkylation sites (tertiary alicyclic amines) is 1. The molecular weight excluding hydrogens is 266 g/mol. The predicted octanol–water partition coefficient (Wildman–Crippen LogP) is 0.890. The Morgan fingerprint density at radius 2 is 1.95 bits per heavy atom. The summed E-state index contributed by atoms with van der Waals surface area (Å²) in [5, 5.41) is 6.63. The van der Waals surface area contributed by atoms with E-state index in [0.29, 0.717) is 13.2 Å². The highest BCUT2D eigenvalue weighted by molar-refractivity contribution is 5.82. The average Bonchev–Trinajstić information content (AvgIpc) is 3.01. The summed E-state index contributed by atoms with van der Waals surface area (Å²) in [5.74, 6) is 0.0864. The van der Waals surface area contributed by atoms with Gasteiger partial charge in [-0.05, 0) is 38.8 Å². The molecule has 0 aromatic heterocycles. The molecule has 120 valence electrons. The molecule has 3 rings (SSSR count). The van der Waals surface area contributed by atoms with Crippen molar-refractivity contribution in [2.75, 3.05) is 39.3 Å². The van der Waals surface area contributed by atoms with E-state index in [2.05, 4.69) is 15.5 Å². The Morgan fingerprint density at radius 3 is 2.62 bits per heavy atom. The molecule has 1 saturated carbocycles. The third-order valence-corrected chi connectivity index (χ3v) is 5.14. The van der Waals surface area contributed by atoms with Gasteiger partial charge in [-0.25, -0.2) is 0 Å². The number of nitrogens with zero attached hydrogens (tertiary/aromatic N) is 1. The second-order valence-electron chi connectivity index (χ2n) is 6.88. The van der Waals surface area contributed by atoms with Crippen LogP contribution in [0.15, 0.2) is 0 Å². The number of hydrogen-bond donors (Lipinski definition) is 2. The van der Waals surface area contributed by atoms with Gasteiger partial charge in [0.25, 0.3) is 5.91 Å². The summed E-state index contributed by atoms with van der Waals surface area (Å²) in [6.45, 7) is 5.54. The number of hydrogen-bond acceptors (Lipinski definition) is 4. The van der Waals surface area contributed by atoms with Crippen LogP contribution >= 0.6 is 0 Å². The molecule has 2 heterocycles. The Morgan fingerprint density at radius 1 is 1.19 bits per heavy atom. The molecule has 0 radical (unpaired) electrons. The fourth-order valence-corrected chi connectivity index (χ4v) is 4.00. The highest BCUT2D eigenvalue weighted by atomic mass is 16.5. The highest BCUT2D eigenvalue weighted by Crippen LogP contribution is 2.30. The third-order valence-electron chi connectivity index (χ3n) is 5.14. The van der Waals surface area contributed by atoms with E-state index in [0.717, 1.165) is 25.9 Å². The van der Waals surface area contributed by atoms with Gasteiger partial charge in [-0.1, -0.05) is 19.3 Å². The van der Waals surface area contributed by atoms with Gasteiger partial charge in [0.15, 0.2) is 0 Å². The van der Waals surface area contributed by atoms with E-state index in [1.54, 1.807) is 0 Å².